The zero-order valence-corrected chi connectivity index (χ0v) is 13.9. The first-order valence-electron chi connectivity index (χ1n) is 7.37. The molecule has 3 rings (SSSR count). The van der Waals surface area contributed by atoms with Crippen LogP contribution in [0.15, 0.2) is 48.5 Å². The van der Waals surface area contributed by atoms with Crippen LogP contribution in [0, 0.1) is 6.92 Å². The number of rotatable bonds is 3. The van der Waals surface area contributed by atoms with Gasteiger partial charge in [-0.15, -0.1) is 0 Å². The van der Waals surface area contributed by atoms with E-state index in [9.17, 15) is 4.57 Å². The Morgan fingerprint density at radius 3 is 2.50 bits per heavy atom. The van der Waals surface area contributed by atoms with Gasteiger partial charge < -0.3 is 4.52 Å². The number of aryl methyl sites for hydroxylation is 1. The summed E-state index contributed by atoms with van der Waals surface area (Å²) in [4.78, 5) is 0. The first kappa shape index (κ1) is 15.1. The number of hydrogen-bond donors (Lipinski definition) is 0. The molecule has 4 heteroatoms. The van der Waals surface area contributed by atoms with Crippen molar-refractivity contribution in [2.45, 2.75) is 20.8 Å². The fraction of sp³-hybridized carbons (Fsp3) is 0.222. The zero-order valence-electron chi connectivity index (χ0n) is 13.0. The fourth-order valence-corrected chi connectivity index (χ4v) is 4.57. The smallest absolute Gasteiger partial charge is 0.411 e. The minimum atomic E-state index is -3.34. The topological polar surface area (TPSA) is 35.5 Å². The van der Waals surface area contributed by atoms with E-state index in [0.29, 0.717) is 17.7 Å². The lowest BCUT2D eigenvalue weighted by Crippen LogP contribution is -2.19. The van der Waals surface area contributed by atoms with Crippen LogP contribution in [0.5, 0.6) is 0 Å². The van der Waals surface area contributed by atoms with Gasteiger partial charge in [0.05, 0.1) is 11.9 Å². The molecular formula is C18H19O3P. The van der Waals surface area contributed by atoms with Crippen LogP contribution in [0.2, 0.25) is 0 Å². The Morgan fingerprint density at radius 2 is 1.82 bits per heavy atom. The third-order valence-electron chi connectivity index (χ3n) is 3.74. The van der Waals surface area contributed by atoms with Gasteiger partial charge in [0.15, 0.2) is 0 Å². The van der Waals surface area contributed by atoms with Crippen LogP contribution >= 0.6 is 7.60 Å². The lowest BCUT2D eigenvalue weighted by atomic mass is 10.0. The second-order valence-electron chi connectivity index (χ2n) is 5.35. The van der Waals surface area contributed by atoms with Crippen LogP contribution in [0.1, 0.15) is 30.5 Å². The van der Waals surface area contributed by atoms with E-state index in [4.69, 9.17) is 9.05 Å². The van der Waals surface area contributed by atoms with Crippen molar-refractivity contribution in [1.82, 2.24) is 0 Å². The summed E-state index contributed by atoms with van der Waals surface area (Å²) in [6.45, 7) is 6.18. The maximum Gasteiger partial charge on any atom is 0.411 e. The molecule has 22 heavy (non-hydrogen) atoms. The number of hydrogen-bond acceptors (Lipinski definition) is 3. The molecule has 0 radical (unpaired) electrons. The Kier molecular flexibility index (Phi) is 3.94. The van der Waals surface area contributed by atoms with E-state index in [0.717, 1.165) is 22.3 Å². The van der Waals surface area contributed by atoms with Gasteiger partial charge in [-0.2, -0.15) is 0 Å². The molecule has 0 N–H and O–H groups in total. The van der Waals surface area contributed by atoms with Crippen LogP contribution in [-0.4, -0.2) is 6.61 Å². The standard InChI is InChI=1S/C18H19O3P/c1-4-20-22(19)17-11-10-13(2)12-16(17)14(3)18(21-22)15-8-6-5-7-9-15/h5-12H,4H2,1-3H3. The van der Waals surface area contributed by atoms with Crippen molar-refractivity contribution in [1.29, 1.82) is 0 Å². The number of fused-ring (bicyclic) bond motifs is 1. The van der Waals surface area contributed by atoms with E-state index in [1.807, 2.05) is 69.3 Å². The molecule has 1 unspecified atom stereocenters. The zero-order chi connectivity index (χ0) is 15.7. The van der Waals surface area contributed by atoms with Gasteiger partial charge in [0.2, 0.25) is 0 Å². The monoisotopic (exact) mass is 314 g/mol. The summed E-state index contributed by atoms with van der Waals surface area (Å²) < 4.78 is 24.6. The van der Waals surface area contributed by atoms with Gasteiger partial charge in [-0.1, -0.05) is 48.0 Å². The van der Waals surface area contributed by atoms with E-state index in [2.05, 4.69) is 0 Å². The van der Waals surface area contributed by atoms with Crippen molar-refractivity contribution < 1.29 is 13.6 Å². The van der Waals surface area contributed by atoms with Crippen LogP contribution in [0.25, 0.3) is 11.3 Å². The quantitative estimate of drug-likeness (QED) is 0.766. The van der Waals surface area contributed by atoms with E-state index in [1.54, 1.807) is 0 Å². The molecule has 1 aliphatic heterocycles. The van der Waals surface area contributed by atoms with Gasteiger partial charge in [-0.05, 0) is 32.4 Å². The molecule has 1 atom stereocenters. The lowest BCUT2D eigenvalue weighted by molar-refractivity contribution is 0.279. The average Bonchev–Trinajstić information content (AvgIpc) is 2.52. The molecule has 1 heterocycles. The van der Waals surface area contributed by atoms with E-state index in [1.165, 1.54) is 0 Å². The minimum Gasteiger partial charge on any atom is -0.420 e. The Balaban J connectivity index is 2.24. The summed E-state index contributed by atoms with van der Waals surface area (Å²) in [6, 6.07) is 15.6. The Hall–Kier alpha value is -1.83. The summed E-state index contributed by atoms with van der Waals surface area (Å²) in [5, 5.41) is 0.650. The minimum absolute atomic E-state index is 0.339. The second-order valence-corrected chi connectivity index (χ2v) is 7.26. The molecule has 0 spiro atoms. The molecule has 3 nitrogen and oxygen atoms in total. The Labute approximate surface area is 131 Å². The summed E-state index contributed by atoms with van der Waals surface area (Å²) in [7, 11) is -3.34. The largest absolute Gasteiger partial charge is 0.420 e. The van der Waals surface area contributed by atoms with Gasteiger partial charge in [0.1, 0.15) is 5.76 Å². The summed E-state index contributed by atoms with van der Waals surface area (Å²) in [5.74, 6) is 0.635. The van der Waals surface area contributed by atoms with Crippen molar-refractivity contribution in [2.75, 3.05) is 6.61 Å². The predicted molar refractivity (Wildman–Crippen MR) is 90.1 cm³/mol. The second kappa shape index (κ2) is 5.75. The molecule has 2 aromatic carbocycles. The van der Waals surface area contributed by atoms with Crippen LogP contribution in [-0.2, 0) is 13.6 Å². The highest BCUT2D eigenvalue weighted by Crippen LogP contribution is 2.56. The summed E-state index contributed by atoms with van der Waals surface area (Å²) >= 11 is 0. The molecule has 0 saturated heterocycles. The normalized spacial score (nSPS) is 20.5. The maximum absolute atomic E-state index is 13.2. The highest BCUT2D eigenvalue weighted by atomic mass is 31.2. The predicted octanol–water partition coefficient (Wildman–Crippen LogP) is 4.77. The number of allylic oxidation sites excluding steroid dienone is 1. The molecular weight excluding hydrogens is 295 g/mol. The van der Waals surface area contributed by atoms with E-state index >= 15 is 0 Å². The fourth-order valence-electron chi connectivity index (χ4n) is 2.67. The van der Waals surface area contributed by atoms with Crippen molar-refractivity contribution in [2.24, 2.45) is 0 Å². The Bertz CT molecular complexity index is 778. The molecule has 1 aliphatic rings. The number of benzene rings is 2. The van der Waals surface area contributed by atoms with Crippen molar-refractivity contribution in [3.05, 3.63) is 65.2 Å². The molecule has 0 aliphatic carbocycles. The van der Waals surface area contributed by atoms with Gasteiger partial charge in [0.25, 0.3) is 0 Å². The molecule has 0 bridgehead atoms. The lowest BCUT2D eigenvalue weighted by Gasteiger charge is -2.29. The summed E-state index contributed by atoms with van der Waals surface area (Å²) in [6.07, 6.45) is 0. The van der Waals surface area contributed by atoms with Gasteiger partial charge >= 0.3 is 7.60 Å². The SMILES string of the molecule is CCOP1(=O)OC(c2ccccc2)=C(C)c2cc(C)ccc21. The van der Waals surface area contributed by atoms with Gasteiger partial charge in [-0.3, -0.25) is 4.52 Å². The first-order chi connectivity index (χ1) is 10.5. The highest BCUT2D eigenvalue weighted by molar-refractivity contribution is 7.62. The van der Waals surface area contributed by atoms with Gasteiger partial charge in [-0.25, -0.2) is 4.57 Å². The Morgan fingerprint density at radius 1 is 1.09 bits per heavy atom. The van der Waals surface area contributed by atoms with Crippen LogP contribution in [0.3, 0.4) is 0 Å². The van der Waals surface area contributed by atoms with E-state index < -0.39 is 7.60 Å². The average molecular weight is 314 g/mol. The van der Waals surface area contributed by atoms with Crippen LogP contribution in [0.4, 0.5) is 0 Å². The maximum atomic E-state index is 13.2. The van der Waals surface area contributed by atoms with Crippen molar-refractivity contribution >= 4 is 24.2 Å². The molecule has 0 fully saturated rings. The molecule has 0 aromatic heterocycles. The first-order valence-corrected chi connectivity index (χ1v) is 8.91. The molecule has 0 saturated carbocycles. The third-order valence-corrected chi connectivity index (χ3v) is 5.74. The highest BCUT2D eigenvalue weighted by Gasteiger charge is 2.37. The van der Waals surface area contributed by atoms with E-state index in [-0.39, 0.29) is 0 Å². The third kappa shape index (κ3) is 2.51. The molecule has 0 amide bonds. The van der Waals surface area contributed by atoms with Crippen molar-refractivity contribution in [3.8, 4) is 0 Å². The summed E-state index contributed by atoms with van der Waals surface area (Å²) in [5.41, 5.74) is 3.96. The van der Waals surface area contributed by atoms with Gasteiger partial charge in [0, 0.05) is 11.1 Å². The molecule has 114 valence electrons. The molecule has 2 aromatic rings. The van der Waals surface area contributed by atoms with Crippen molar-refractivity contribution in [3.63, 3.8) is 0 Å². The van der Waals surface area contributed by atoms with Crippen LogP contribution < -0.4 is 5.30 Å².